The van der Waals surface area contributed by atoms with Crippen LogP contribution in [-0.4, -0.2) is 41.9 Å². The van der Waals surface area contributed by atoms with Gasteiger partial charge in [-0.2, -0.15) is 22.6 Å². The average molecular weight is 402 g/mol. The first-order valence-corrected chi connectivity index (χ1v) is 9.55. The van der Waals surface area contributed by atoms with Gasteiger partial charge in [-0.3, -0.25) is 9.89 Å². The number of H-pyrrole nitrogens is 1. The van der Waals surface area contributed by atoms with Crippen molar-refractivity contribution < 1.29 is 26.4 Å². The summed E-state index contributed by atoms with van der Waals surface area (Å²) in [4.78, 5) is 10.7. The Morgan fingerprint density at radius 1 is 1.22 bits per heavy atom. The summed E-state index contributed by atoms with van der Waals surface area (Å²) in [5.74, 6) is -0.708. The second-order valence-corrected chi connectivity index (χ2v) is 8.21. The largest absolute Gasteiger partial charge is 0.416 e. The van der Waals surface area contributed by atoms with Gasteiger partial charge in [-0.15, -0.1) is 0 Å². The lowest BCUT2D eigenvalue weighted by atomic mass is 9.94. The fourth-order valence-corrected chi connectivity index (χ4v) is 4.58. The standard InChI is InChI=1S/C16H17F3N4O3S/c17-16(18,19)11-2-1-3-12(8-11)27(25,26)23-6-4-10(5-7-23)13-9-14(15(20)24)22-21-13/h1-3,8-10H,4-7H2,(H2,20,24)(H,21,22). The summed E-state index contributed by atoms with van der Waals surface area (Å²) < 4.78 is 65.1. The van der Waals surface area contributed by atoms with Gasteiger partial charge >= 0.3 is 6.18 Å². The quantitative estimate of drug-likeness (QED) is 0.816. The Morgan fingerprint density at radius 3 is 2.44 bits per heavy atom. The van der Waals surface area contributed by atoms with E-state index in [1.807, 2.05) is 0 Å². The number of primary amides is 1. The highest BCUT2D eigenvalue weighted by molar-refractivity contribution is 7.89. The maximum absolute atomic E-state index is 12.8. The van der Waals surface area contributed by atoms with Crippen LogP contribution in [0, 0.1) is 0 Å². The number of nitrogens with one attached hydrogen (secondary N) is 1. The molecule has 2 heterocycles. The predicted octanol–water partition coefficient (Wildman–Crippen LogP) is 2.10. The monoisotopic (exact) mass is 402 g/mol. The molecule has 7 nitrogen and oxygen atoms in total. The van der Waals surface area contributed by atoms with Crippen LogP contribution in [-0.2, 0) is 16.2 Å². The topological polar surface area (TPSA) is 109 Å². The lowest BCUT2D eigenvalue weighted by Crippen LogP contribution is -2.38. The second-order valence-electron chi connectivity index (χ2n) is 6.28. The lowest BCUT2D eigenvalue weighted by molar-refractivity contribution is -0.137. The van der Waals surface area contributed by atoms with Crippen LogP contribution in [0.15, 0.2) is 35.2 Å². The van der Waals surface area contributed by atoms with Crippen LogP contribution in [0.25, 0.3) is 0 Å². The minimum Gasteiger partial charge on any atom is -0.364 e. The summed E-state index contributed by atoms with van der Waals surface area (Å²) in [6, 6.07) is 5.25. The number of sulfonamides is 1. The van der Waals surface area contributed by atoms with Crippen LogP contribution in [0.4, 0.5) is 13.2 Å². The predicted molar refractivity (Wildman–Crippen MR) is 89.3 cm³/mol. The number of amides is 1. The lowest BCUT2D eigenvalue weighted by Gasteiger charge is -2.30. The number of carbonyl (C=O) groups is 1. The molecule has 1 fully saturated rings. The minimum atomic E-state index is -4.61. The van der Waals surface area contributed by atoms with Gasteiger partial charge in [0.2, 0.25) is 10.0 Å². The molecule has 0 spiro atoms. The first-order chi connectivity index (χ1) is 12.6. The highest BCUT2D eigenvalue weighted by atomic mass is 32.2. The smallest absolute Gasteiger partial charge is 0.364 e. The van der Waals surface area contributed by atoms with E-state index in [1.54, 1.807) is 0 Å². The molecule has 1 aromatic heterocycles. The molecule has 2 aromatic rings. The van der Waals surface area contributed by atoms with Gasteiger partial charge in [0.15, 0.2) is 0 Å². The third-order valence-corrected chi connectivity index (χ3v) is 6.44. The highest BCUT2D eigenvalue weighted by Crippen LogP contribution is 2.33. The van der Waals surface area contributed by atoms with Crippen molar-refractivity contribution >= 4 is 15.9 Å². The molecule has 0 saturated carbocycles. The van der Waals surface area contributed by atoms with Crippen LogP contribution in [0.5, 0.6) is 0 Å². The van der Waals surface area contributed by atoms with E-state index in [9.17, 15) is 26.4 Å². The van der Waals surface area contributed by atoms with Crippen molar-refractivity contribution in [2.24, 2.45) is 5.73 Å². The molecule has 0 atom stereocenters. The van der Waals surface area contributed by atoms with Crippen LogP contribution in [0.1, 0.15) is 40.5 Å². The molecule has 3 rings (SSSR count). The van der Waals surface area contributed by atoms with Crippen LogP contribution in [0.2, 0.25) is 0 Å². The second kappa shape index (κ2) is 6.97. The molecule has 146 valence electrons. The van der Waals surface area contributed by atoms with Crippen LogP contribution in [0.3, 0.4) is 0 Å². The third-order valence-electron chi connectivity index (χ3n) is 4.54. The minimum absolute atomic E-state index is 0.0430. The van der Waals surface area contributed by atoms with Gasteiger partial charge < -0.3 is 5.73 Å². The summed E-state index contributed by atoms with van der Waals surface area (Å²) in [6.45, 7) is 0.294. The van der Waals surface area contributed by atoms with Gasteiger partial charge in [0.25, 0.3) is 5.91 Å². The summed E-state index contributed by atoms with van der Waals surface area (Å²) in [7, 11) is -4.03. The van der Waals surface area contributed by atoms with Crippen LogP contribution < -0.4 is 5.73 Å². The molecular weight excluding hydrogens is 385 g/mol. The zero-order chi connectivity index (χ0) is 19.8. The Kier molecular flexibility index (Phi) is 5.00. The number of hydrogen-bond donors (Lipinski definition) is 2. The van der Waals surface area contributed by atoms with E-state index in [2.05, 4.69) is 10.2 Å². The van der Waals surface area contributed by atoms with Gasteiger partial charge in [-0.25, -0.2) is 8.42 Å². The molecule has 3 N–H and O–H groups in total. The van der Waals surface area contributed by atoms with Crippen molar-refractivity contribution in [3.05, 3.63) is 47.3 Å². The molecule has 1 saturated heterocycles. The Labute approximate surface area is 153 Å². The number of benzene rings is 1. The molecule has 0 unspecified atom stereocenters. The summed E-state index contributed by atoms with van der Waals surface area (Å²) in [5, 5.41) is 6.52. The molecule has 1 amide bonds. The molecule has 1 aliphatic rings. The fourth-order valence-electron chi connectivity index (χ4n) is 3.06. The van der Waals surface area contributed by atoms with Gasteiger partial charge in [0.05, 0.1) is 10.5 Å². The summed E-state index contributed by atoms with van der Waals surface area (Å²) >= 11 is 0. The molecule has 0 radical (unpaired) electrons. The number of aromatic amines is 1. The number of hydrogen-bond acceptors (Lipinski definition) is 4. The Balaban J connectivity index is 1.74. The van der Waals surface area contributed by atoms with Crippen molar-refractivity contribution in [1.82, 2.24) is 14.5 Å². The first kappa shape index (κ1) is 19.4. The summed E-state index contributed by atoms with van der Waals surface area (Å²) in [6.07, 6.45) is -3.73. The molecule has 1 aromatic carbocycles. The van der Waals surface area contributed by atoms with Crippen LogP contribution >= 0.6 is 0 Å². The van der Waals surface area contributed by atoms with Crippen molar-refractivity contribution in [2.45, 2.75) is 29.8 Å². The molecule has 0 bridgehead atoms. The number of rotatable bonds is 4. The van der Waals surface area contributed by atoms with E-state index in [-0.39, 0.29) is 29.6 Å². The number of carbonyl (C=O) groups excluding carboxylic acids is 1. The Bertz CT molecular complexity index is 948. The zero-order valence-electron chi connectivity index (χ0n) is 14.0. The number of nitrogens with zero attached hydrogens (tertiary/aromatic N) is 2. The van der Waals surface area contributed by atoms with Gasteiger partial charge in [-0.05, 0) is 37.1 Å². The van der Waals surface area contributed by atoms with E-state index in [1.165, 1.54) is 10.4 Å². The van der Waals surface area contributed by atoms with Crippen molar-refractivity contribution in [3.63, 3.8) is 0 Å². The first-order valence-electron chi connectivity index (χ1n) is 8.11. The van der Waals surface area contributed by atoms with Gasteiger partial charge in [0, 0.05) is 24.7 Å². The molecule has 11 heteroatoms. The molecule has 0 aliphatic carbocycles. The fraction of sp³-hybridized carbons (Fsp3) is 0.375. The van der Waals surface area contributed by atoms with Crippen molar-refractivity contribution in [1.29, 1.82) is 0 Å². The Hall–Kier alpha value is -2.40. The SMILES string of the molecule is NC(=O)c1cc(C2CCN(S(=O)(=O)c3cccc(C(F)(F)F)c3)CC2)[nH]n1. The normalized spacial score (nSPS) is 17.1. The van der Waals surface area contributed by atoms with E-state index in [0.717, 1.165) is 18.2 Å². The van der Waals surface area contributed by atoms with E-state index < -0.39 is 27.7 Å². The number of nitrogens with two attached hydrogens (primary N) is 1. The summed E-state index contributed by atoms with van der Waals surface area (Å²) in [5.41, 5.74) is 4.93. The zero-order valence-corrected chi connectivity index (χ0v) is 14.8. The highest BCUT2D eigenvalue weighted by Gasteiger charge is 2.34. The van der Waals surface area contributed by atoms with Crippen molar-refractivity contribution in [2.75, 3.05) is 13.1 Å². The third kappa shape index (κ3) is 3.98. The number of aromatic nitrogens is 2. The number of alkyl halides is 3. The van der Waals surface area contributed by atoms with Gasteiger partial charge in [0.1, 0.15) is 5.69 Å². The number of halogens is 3. The molecule has 1 aliphatic heterocycles. The van der Waals surface area contributed by atoms with E-state index >= 15 is 0 Å². The maximum atomic E-state index is 12.8. The van der Waals surface area contributed by atoms with E-state index in [4.69, 9.17) is 5.73 Å². The molecular formula is C16H17F3N4O3S. The molecule has 27 heavy (non-hydrogen) atoms. The van der Waals surface area contributed by atoms with Gasteiger partial charge in [-0.1, -0.05) is 6.07 Å². The Morgan fingerprint density at radius 2 is 1.89 bits per heavy atom. The maximum Gasteiger partial charge on any atom is 0.416 e. The van der Waals surface area contributed by atoms with E-state index in [0.29, 0.717) is 24.6 Å². The van der Waals surface area contributed by atoms with Crippen molar-refractivity contribution in [3.8, 4) is 0 Å². The number of piperidine rings is 1. The average Bonchev–Trinajstić information content (AvgIpc) is 3.12.